The first kappa shape index (κ1) is 14.4. The van der Waals surface area contributed by atoms with Crippen LogP contribution in [0.2, 0.25) is 0 Å². The van der Waals surface area contributed by atoms with Crippen LogP contribution in [0.3, 0.4) is 0 Å². The zero-order chi connectivity index (χ0) is 12.6. The molecule has 0 unspecified atom stereocenters. The van der Waals surface area contributed by atoms with Crippen molar-refractivity contribution in [3.63, 3.8) is 0 Å². The van der Waals surface area contributed by atoms with Crippen molar-refractivity contribution in [1.82, 2.24) is 5.32 Å². The number of aliphatic imine (C=N–C) groups is 1. The summed E-state index contributed by atoms with van der Waals surface area (Å²) in [6.07, 6.45) is 2.27. The van der Waals surface area contributed by atoms with Crippen molar-refractivity contribution in [2.75, 3.05) is 0 Å². The fraction of sp³-hybridized carbons (Fsp3) is 0.222. The fourth-order valence-electron chi connectivity index (χ4n) is 0.693. The van der Waals surface area contributed by atoms with Crippen LogP contribution in [0.4, 0.5) is 0 Å². The minimum absolute atomic E-state index is 0.115. The van der Waals surface area contributed by atoms with E-state index >= 15 is 0 Å². The van der Waals surface area contributed by atoms with Crippen molar-refractivity contribution in [3.05, 3.63) is 23.5 Å². The number of rotatable bonds is 5. The maximum absolute atomic E-state index is 11.2. The van der Waals surface area contributed by atoms with Gasteiger partial charge in [-0.15, -0.1) is 0 Å². The molecule has 0 aliphatic rings. The van der Waals surface area contributed by atoms with Crippen LogP contribution in [0.5, 0.6) is 0 Å². The van der Waals surface area contributed by atoms with Gasteiger partial charge in [0.25, 0.3) is 0 Å². The van der Waals surface area contributed by atoms with Crippen molar-refractivity contribution in [3.8, 4) is 0 Å². The Bertz CT molecular complexity index is 346. The lowest BCUT2D eigenvalue weighted by molar-refractivity contribution is -0.138. The van der Waals surface area contributed by atoms with E-state index in [9.17, 15) is 9.59 Å². The van der Waals surface area contributed by atoms with Crippen LogP contribution in [-0.4, -0.2) is 22.8 Å². The summed E-state index contributed by atoms with van der Waals surface area (Å²) in [7, 11) is 0. The number of amides is 1. The average molecular weight is 290 g/mol. The molecule has 0 saturated carbocycles. The Morgan fingerprint density at radius 2 is 2.12 bits per heavy atom. The van der Waals surface area contributed by atoms with Gasteiger partial charge in [-0.05, 0) is 22.0 Å². The van der Waals surface area contributed by atoms with E-state index in [1.807, 2.05) is 0 Å². The van der Waals surface area contributed by atoms with Crippen LogP contribution in [0.15, 0.2) is 28.5 Å². The molecule has 0 aliphatic carbocycles. The largest absolute Gasteiger partial charge is 0.481 e. The summed E-state index contributed by atoms with van der Waals surface area (Å²) in [5, 5.41) is 10.8. The van der Waals surface area contributed by atoms with Gasteiger partial charge in [0.05, 0.1) is 17.2 Å². The third-order valence-electron chi connectivity index (χ3n) is 1.35. The van der Waals surface area contributed by atoms with E-state index in [-0.39, 0.29) is 18.7 Å². The molecule has 88 valence electrons. The van der Waals surface area contributed by atoms with Crippen molar-refractivity contribution in [2.24, 2.45) is 10.7 Å². The van der Waals surface area contributed by atoms with Crippen LogP contribution < -0.4 is 11.1 Å². The first-order valence-electron chi connectivity index (χ1n) is 4.28. The molecule has 1 amide bonds. The fourth-order valence-corrected chi connectivity index (χ4v) is 0.795. The molecule has 0 aromatic rings. The van der Waals surface area contributed by atoms with Gasteiger partial charge >= 0.3 is 5.97 Å². The summed E-state index contributed by atoms with van der Waals surface area (Å²) in [4.78, 5) is 25.2. The quantitative estimate of drug-likeness (QED) is 0.394. The number of carboxylic acids is 1. The molecule has 0 saturated heterocycles. The number of halogens is 1. The van der Waals surface area contributed by atoms with E-state index in [4.69, 9.17) is 10.8 Å². The predicted octanol–water partition coefficient (Wildman–Crippen LogP) is 0.704. The molecule has 0 heterocycles. The molecule has 0 aromatic carbocycles. The molecule has 0 radical (unpaired) electrons. The van der Waals surface area contributed by atoms with Crippen molar-refractivity contribution in [2.45, 2.75) is 12.8 Å². The zero-order valence-electron chi connectivity index (χ0n) is 8.44. The molecule has 0 rings (SSSR count). The van der Waals surface area contributed by atoms with Gasteiger partial charge in [-0.3, -0.25) is 9.59 Å². The second-order valence-corrected chi connectivity index (χ2v) is 3.59. The smallest absolute Gasteiger partial charge is 0.303 e. The highest BCUT2D eigenvalue weighted by Crippen LogP contribution is 1.95. The molecule has 0 aromatic heterocycles. The highest BCUT2D eigenvalue weighted by molar-refractivity contribution is 9.11. The zero-order valence-corrected chi connectivity index (χ0v) is 10.0. The maximum atomic E-state index is 11.2. The highest BCUT2D eigenvalue weighted by atomic mass is 79.9. The Balaban J connectivity index is 4.28. The second kappa shape index (κ2) is 7.63. The number of carboxylic acid groups (broad SMARTS) is 1. The molecule has 0 bridgehead atoms. The lowest BCUT2D eigenvalue weighted by atomic mass is 10.3. The number of carbonyl (C=O) groups excluding carboxylic acids is 1. The molecule has 4 N–H and O–H groups in total. The van der Waals surface area contributed by atoms with Crippen LogP contribution in [0, 0.1) is 0 Å². The van der Waals surface area contributed by atoms with Gasteiger partial charge in [0, 0.05) is 6.42 Å². The van der Waals surface area contributed by atoms with E-state index in [0.717, 1.165) is 0 Å². The summed E-state index contributed by atoms with van der Waals surface area (Å²) >= 11 is 2.96. The molecule has 16 heavy (non-hydrogen) atoms. The Hall–Kier alpha value is -1.63. The minimum atomic E-state index is -1.03. The number of amidine groups is 1. The molecule has 0 spiro atoms. The number of aliphatic carboxylic acids is 1. The SMILES string of the molecule is C=CC(=N/C=C(\N)Br)NC(=O)CCC(=O)O. The molecular formula is C9H12BrN3O3. The molecule has 0 atom stereocenters. The lowest BCUT2D eigenvalue weighted by Gasteiger charge is -2.02. The third kappa shape index (κ3) is 7.74. The standard InChI is InChI=1S/C9H12BrN3O3/c1-2-7(12-5-6(10)11)13-8(14)3-4-9(15)16/h2,5H,1,3-4,11H2,(H,15,16)(H,12,13,14)/b6-5-. The Kier molecular flexibility index (Phi) is 6.86. The number of carbonyl (C=O) groups is 2. The van der Waals surface area contributed by atoms with Gasteiger partial charge in [-0.2, -0.15) is 0 Å². The summed E-state index contributed by atoms with van der Waals surface area (Å²) in [5.41, 5.74) is 5.27. The van der Waals surface area contributed by atoms with Crippen molar-refractivity contribution in [1.29, 1.82) is 0 Å². The summed E-state index contributed by atoms with van der Waals surface area (Å²) in [6, 6.07) is 0. The second-order valence-electron chi connectivity index (χ2n) is 2.67. The van der Waals surface area contributed by atoms with Crippen LogP contribution in [0.25, 0.3) is 0 Å². The summed E-state index contributed by atoms with van der Waals surface area (Å²) < 4.78 is 0.298. The van der Waals surface area contributed by atoms with Gasteiger partial charge in [0.2, 0.25) is 5.91 Å². The van der Waals surface area contributed by atoms with E-state index < -0.39 is 11.9 Å². The first-order valence-corrected chi connectivity index (χ1v) is 5.08. The summed E-state index contributed by atoms with van der Waals surface area (Å²) in [5.74, 6) is -1.27. The molecule has 0 fully saturated rings. The monoisotopic (exact) mass is 289 g/mol. The number of nitrogens with zero attached hydrogens (tertiary/aromatic N) is 1. The van der Waals surface area contributed by atoms with Crippen LogP contribution >= 0.6 is 15.9 Å². The van der Waals surface area contributed by atoms with Gasteiger partial charge < -0.3 is 16.2 Å². The molecule has 6 nitrogen and oxygen atoms in total. The van der Waals surface area contributed by atoms with E-state index in [0.29, 0.717) is 4.61 Å². The van der Waals surface area contributed by atoms with Crippen molar-refractivity contribution >= 4 is 33.6 Å². The molecule has 0 aliphatic heterocycles. The highest BCUT2D eigenvalue weighted by Gasteiger charge is 2.05. The number of hydrogen-bond acceptors (Lipinski definition) is 4. The van der Waals surface area contributed by atoms with E-state index in [1.54, 1.807) is 0 Å². The molecule has 7 heteroatoms. The Morgan fingerprint density at radius 3 is 2.56 bits per heavy atom. The van der Waals surface area contributed by atoms with Gasteiger partial charge in [0.15, 0.2) is 0 Å². The third-order valence-corrected chi connectivity index (χ3v) is 1.56. The van der Waals surface area contributed by atoms with Gasteiger partial charge in [0.1, 0.15) is 5.84 Å². The topological polar surface area (TPSA) is 105 Å². The first-order chi connectivity index (χ1) is 7.45. The van der Waals surface area contributed by atoms with E-state index in [2.05, 4.69) is 32.8 Å². The molecular weight excluding hydrogens is 278 g/mol. The van der Waals surface area contributed by atoms with Crippen molar-refractivity contribution < 1.29 is 14.7 Å². The summed E-state index contributed by atoms with van der Waals surface area (Å²) in [6.45, 7) is 3.44. The van der Waals surface area contributed by atoms with Crippen LogP contribution in [0.1, 0.15) is 12.8 Å². The normalized spacial score (nSPS) is 12.1. The predicted molar refractivity (Wildman–Crippen MR) is 63.8 cm³/mol. The Labute approximate surface area is 101 Å². The minimum Gasteiger partial charge on any atom is -0.481 e. The van der Waals surface area contributed by atoms with E-state index in [1.165, 1.54) is 12.3 Å². The number of nitrogens with two attached hydrogens (primary N) is 1. The lowest BCUT2D eigenvalue weighted by Crippen LogP contribution is -2.29. The Morgan fingerprint density at radius 1 is 1.50 bits per heavy atom. The van der Waals surface area contributed by atoms with Gasteiger partial charge in [-0.1, -0.05) is 6.58 Å². The number of nitrogens with one attached hydrogen (secondary N) is 1. The average Bonchev–Trinajstić information content (AvgIpc) is 2.20. The number of hydrogen-bond donors (Lipinski definition) is 3. The van der Waals surface area contributed by atoms with Crippen LogP contribution in [-0.2, 0) is 9.59 Å². The van der Waals surface area contributed by atoms with Gasteiger partial charge in [-0.25, -0.2) is 4.99 Å². The maximum Gasteiger partial charge on any atom is 0.303 e.